The molecule has 1 fully saturated rings. The fraction of sp³-hybridized carbons (Fsp3) is 0.350. The SMILES string of the molecule is O=C1CC[C@@H]2c3ccccc3[C@H](c3ccccc3)CCCN12. The van der Waals surface area contributed by atoms with Gasteiger partial charge in [0.15, 0.2) is 0 Å². The third kappa shape index (κ3) is 2.23. The Morgan fingerprint density at radius 1 is 0.864 bits per heavy atom. The molecule has 0 saturated carbocycles. The third-order valence-electron chi connectivity index (χ3n) is 5.15. The van der Waals surface area contributed by atoms with Gasteiger partial charge < -0.3 is 4.90 Å². The molecule has 1 amide bonds. The molecule has 0 N–H and O–H groups in total. The monoisotopic (exact) mass is 291 g/mol. The molecule has 0 aliphatic carbocycles. The lowest BCUT2D eigenvalue weighted by Crippen LogP contribution is -2.31. The van der Waals surface area contributed by atoms with Crippen LogP contribution in [0.15, 0.2) is 54.6 Å². The van der Waals surface area contributed by atoms with Gasteiger partial charge in [-0.3, -0.25) is 4.79 Å². The van der Waals surface area contributed by atoms with Gasteiger partial charge in [0.1, 0.15) is 0 Å². The molecule has 1 saturated heterocycles. The Balaban J connectivity index is 1.81. The van der Waals surface area contributed by atoms with Crippen LogP contribution in [-0.2, 0) is 4.79 Å². The fourth-order valence-electron chi connectivity index (χ4n) is 4.12. The van der Waals surface area contributed by atoms with Crippen molar-refractivity contribution in [3.05, 3.63) is 71.3 Å². The van der Waals surface area contributed by atoms with Crippen LogP contribution in [0.5, 0.6) is 0 Å². The Labute approximate surface area is 131 Å². The van der Waals surface area contributed by atoms with Crippen LogP contribution < -0.4 is 0 Å². The van der Waals surface area contributed by atoms with Gasteiger partial charge in [0, 0.05) is 18.9 Å². The van der Waals surface area contributed by atoms with Crippen molar-refractivity contribution in [2.75, 3.05) is 6.54 Å². The van der Waals surface area contributed by atoms with E-state index in [1.54, 1.807) is 0 Å². The largest absolute Gasteiger partial charge is 0.336 e. The molecule has 0 radical (unpaired) electrons. The number of rotatable bonds is 1. The standard InChI is InChI=1S/C20H21NO/c22-20-13-12-19-18-10-5-4-9-17(18)16(11-6-14-21(19)20)15-7-2-1-3-8-15/h1-5,7-10,16,19H,6,11-14H2/t16-,19+/m0/s1. The van der Waals surface area contributed by atoms with Crippen molar-refractivity contribution in [3.63, 3.8) is 0 Å². The average Bonchev–Trinajstić information content (AvgIpc) is 2.91. The first-order chi connectivity index (χ1) is 10.8. The first kappa shape index (κ1) is 13.6. The molecule has 4 rings (SSSR count). The maximum Gasteiger partial charge on any atom is 0.223 e. The summed E-state index contributed by atoms with van der Waals surface area (Å²) in [6.07, 6.45) is 3.86. The summed E-state index contributed by atoms with van der Waals surface area (Å²) in [6.45, 7) is 0.904. The second-order valence-electron chi connectivity index (χ2n) is 6.38. The first-order valence-corrected chi connectivity index (χ1v) is 8.28. The van der Waals surface area contributed by atoms with E-state index in [0.29, 0.717) is 18.2 Å². The summed E-state index contributed by atoms with van der Waals surface area (Å²) in [5, 5.41) is 0. The third-order valence-corrected chi connectivity index (χ3v) is 5.15. The Kier molecular flexibility index (Phi) is 3.45. The van der Waals surface area contributed by atoms with Crippen LogP contribution in [0.2, 0.25) is 0 Å². The second kappa shape index (κ2) is 5.60. The molecule has 0 bridgehead atoms. The molecule has 0 aromatic heterocycles. The molecule has 2 aromatic rings. The van der Waals surface area contributed by atoms with Crippen molar-refractivity contribution >= 4 is 5.91 Å². The van der Waals surface area contributed by atoms with Gasteiger partial charge in [0.2, 0.25) is 5.91 Å². The predicted molar refractivity (Wildman–Crippen MR) is 87.6 cm³/mol. The van der Waals surface area contributed by atoms with Crippen molar-refractivity contribution in [1.82, 2.24) is 4.90 Å². The minimum absolute atomic E-state index is 0.287. The van der Waals surface area contributed by atoms with Crippen LogP contribution in [0, 0.1) is 0 Å². The molecule has 2 atom stereocenters. The Bertz CT molecular complexity index is 679. The second-order valence-corrected chi connectivity index (χ2v) is 6.38. The summed E-state index contributed by atoms with van der Waals surface area (Å²) < 4.78 is 0. The van der Waals surface area contributed by atoms with Gasteiger partial charge >= 0.3 is 0 Å². The van der Waals surface area contributed by atoms with Crippen molar-refractivity contribution in [2.45, 2.75) is 37.6 Å². The van der Waals surface area contributed by atoms with Crippen LogP contribution in [-0.4, -0.2) is 17.4 Å². The average molecular weight is 291 g/mol. The van der Waals surface area contributed by atoms with Gasteiger partial charge in [0.05, 0.1) is 6.04 Å². The van der Waals surface area contributed by atoms with Gasteiger partial charge in [-0.1, -0.05) is 54.6 Å². The quantitative estimate of drug-likeness (QED) is 0.768. The van der Waals surface area contributed by atoms with E-state index in [0.717, 1.165) is 25.8 Å². The van der Waals surface area contributed by atoms with E-state index in [4.69, 9.17) is 0 Å². The van der Waals surface area contributed by atoms with Gasteiger partial charge in [0.25, 0.3) is 0 Å². The van der Waals surface area contributed by atoms with Crippen LogP contribution >= 0.6 is 0 Å². The lowest BCUT2D eigenvalue weighted by molar-refractivity contribution is -0.129. The lowest BCUT2D eigenvalue weighted by Gasteiger charge is -2.33. The van der Waals surface area contributed by atoms with Crippen LogP contribution in [0.3, 0.4) is 0 Å². The highest BCUT2D eigenvalue weighted by molar-refractivity contribution is 5.79. The van der Waals surface area contributed by atoms with Gasteiger partial charge in [-0.15, -0.1) is 0 Å². The van der Waals surface area contributed by atoms with Crippen molar-refractivity contribution < 1.29 is 4.79 Å². The number of fused-ring (bicyclic) bond motifs is 3. The number of carbonyl (C=O) groups is 1. The zero-order valence-electron chi connectivity index (χ0n) is 12.7. The van der Waals surface area contributed by atoms with Crippen LogP contribution in [0.4, 0.5) is 0 Å². The van der Waals surface area contributed by atoms with E-state index in [-0.39, 0.29) is 6.04 Å². The molecular weight excluding hydrogens is 270 g/mol. The normalized spacial score (nSPS) is 24.4. The van der Waals surface area contributed by atoms with Crippen molar-refractivity contribution in [3.8, 4) is 0 Å². The summed E-state index contributed by atoms with van der Waals surface area (Å²) >= 11 is 0. The van der Waals surface area contributed by atoms with Crippen LogP contribution in [0.25, 0.3) is 0 Å². The maximum absolute atomic E-state index is 12.2. The van der Waals surface area contributed by atoms with E-state index < -0.39 is 0 Å². The molecule has 2 heterocycles. The Morgan fingerprint density at radius 2 is 1.59 bits per heavy atom. The summed E-state index contributed by atoms with van der Waals surface area (Å²) in [4.78, 5) is 14.3. The minimum Gasteiger partial charge on any atom is -0.336 e. The fourth-order valence-corrected chi connectivity index (χ4v) is 4.12. The van der Waals surface area contributed by atoms with Crippen LogP contribution in [0.1, 0.15) is 54.3 Å². The molecule has 2 nitrogen and oxygen atoms in total. The molecule has 22 heavy (non-hydrogen) atoms. The predicted octanol–water partition coefficient (Wildman–Crippen LogP) is 4.28. The number of hydrogen-bond acceptors (Lipinski definition) is 1. The molecule has 2 heteroatoms. The minimum atomic E-state index is 0.287. The smallest absolute Gasteiger partial charge is 0.223 e. The van der Waals surface area contributed by atoms with Gasteiger partial charge in [-0.05, 0) is 36.0 Å². The number of hydrogen-bond donors (Lipinski definition) is 0. The zero-order valence-corrected chi connectivity index (χ0v) is 12.7. The van der Waals surface area contributed by atoms with E-state index in [9.17, 15) is 4.79 Å². The van der Waals surface area contributed by atoms with E-state index in [2.05, 4.69) is 59.5 Å². The van der Waals surface area contributed by atoms with E-state index >= 15 is 0 Å². The highest BCUT2D eigenvalue weighted by Crippen LogP contribution is 2.42. The molecule has 2 aliphatic heterocycles. The maximum atomic E-state index is 12.2. The van der Waals surface area contributed by atoms with E-state index in [1.165, 1.54) is 16.7 Å². The summed E-state index contributed by atoms with van der Waals surface area (Å²) in [6, 6.07) is 19.8. The number of nitrogens with zero attached hydrogens (tertiary/aromatic N) is 1. The molecule has 0 unspecified atom stereocenters. The molecule has 112 valence electrons. The first-order valence-electron chi connectivity index (χ1n) is 8.28. The Morgan fingerprint density at radius 3 is 2.41 bits per heavy atom. The highest BCUT2D eigenvalue weighted by Gasteiger charge is 2.35. The van der Waals surface area contributed by atoms with Gasteiger partial charge in [-0.25, -0.2) is 0 Å². The lowest BCUT2D eigenvalue weighted by atomic mass is 9.81. The molecule has 2 aromatic carbocycles. The van der Waals surface area contributed by atoms with Crippen molar-refractivity contribution in [1.29, 1.82) is 0 Å². The topological polar surface area (TPSA) is 20.3 Å². The van der Waals surface area contributed by atoms with E-state index in [1.807, 2.05) is 0 Å². The summed E-state index contributed by atoms with van der Waals surface area (Å²) in [5.41, 5.74) is 4.17. The molecule has 0 spiro atoms. The number of benzene rings is 2. The Hall–Kier alpha value is -2.09. The highest BCUT2D eigenvalue weighted by atomic mass is 16.2. The van der Waals surface area contributed by atoms with Gasteiger partial charge in [-0.2, -0.15) is 0 Å². The molecular formula is C20H21NO. The summed E-state index contributed by atoms with van der Waals surface area (Å²) in [7, 11) is 0. The number of carbonyl (C=O) groups excluding carboxylic acids is 1. The molecule has 2 aliphatic rings. The van der Waals surface area contributed by atoms with Crippen molar-refractivity contribution in [2.24, 2.45) is 0 Å². The zero-order chi connectivity index (χ0) is 14.9. The summed E-state index contributed by atoms with van der Waals surface area (Å²) in [5.74, 6) is 0.785. The number of amides is 1.